The molecule has 2 saturated carbocycles. The number of halogens is 2. The van der Waals surface area contributed by atoms with Gasteiger partial charge in [0, 0.05) is 23.1 Å². The van der Waals surface area contributed by atoms with Crippen LogP contribution in [0.15, 0.2) is 53.0 Å². The Morgan fingerprint density at radius 2 is 1.76 bits per heavy atom. The van der Waals surface area contributed by atoms with Crippen LogP contribution in [0.5, 0.6) is 5.75 Å². The Kier molecular flexibility index (Phi) is 10.1. The Bertz CT molecular complexity index is 2480. The van der Waals surface area contributed by atoms with Gasteiger partial charge in [0.25, 0.3) is 5.91 Å². The summed E-state index contributed by atoms with van der Waals surface area (Å²) < 4.78 is 75.4. The molecule has 2 aromatic carbocycles. The second-order valence-electron chi connectivity index (χ2n) is 16.7. The molecule has 8 rings (SSSR count). The van der Waals surface area contributed by atoms with Gasteiger partial charge in [-0.25, -0.2) is 27.0 Å². The first-order chi connectivity index (χ1) is 27.5. The predicted molar refractivity (Wildman–Crippen MR) is 208 cm³/mol. The van der Waals surface area contributed by atoms with Crippen molar-refractivity contribution in [1.29, 1.82) is 0 Å². The zero-order valence-electron chi connectivity index (χ0n) is 32.3. The third-order valence-corrected chi connectivity index (χ3v) is 12.9. The number of rotatable bonds is 6. The molecule has 4 aromatic rings. The minimum Gasteiger partial charge on any atom is -0.484 e. The van der Waals surface area contributed by atoms with E-state index in [2.05, 4.69) is 20.3 Å². The zero-order valence-corrected chi connectivity index (χ0v) is 33.1. The average molecular weight is 822 g/mol. The highest BCUT2D eigenvalue weighted by molar-refractivity contribution is 7.91. The van der Waals surface area contributed by atoms with E-state index in [0.29, 0.717) is 48.6 Å². The monoisotopic (exact) mass is 821 g/mol. The molecule has 0 radical (unpaired) electrons. The summed E-state index contributed by atoms with van der Waals surface area (Å²) in [6.07, 6.45) is 5.74. The molecule has 3 N–H and O–H groups in total. The third-order valence-electron chi connectivity index (χ3n) is 11.1. The number of nitrogens with zero attached hydrogens (tertiary/aromatic N) is 2. The Hall–Kier alpha value is -5.32. The Balaban J connectivity index is 1.16. The molecule has 58 heavy (non-hydrogen) atoms. The van der Waals surface area contributed by atoms with Crippen LogP contribution in [0, 0.1) is 17.6 Å². The topological polar surface area (TPSA) is 186 Å². The Morgan fingerprint density at radius 1 is 1.02 bits per heavy atom. The summed E-state index contributed by atoms with van der Waals surface area (Å²) >= 11 is 0. The summed E-state index contributed by atoms with van der Waals surface area (Å²) in [7, 11) is -3.96. The van der Waals surface area contributed by atoms with Crippen molar-refractivity contribution in [3.05, 3.63) is 60.2 Å². The van der Waals surface area contributed by atoms with Gasteiger partial charge in [-0.2, -0.15) is 0 Å². The number of hydrogen-bond donors (Lipinski definition) is 3. The second-order valence-corrected chi connectivity index (χ2v) is 18.7. The smallest absolute Gasteiger partial charge is 0.408 e. The van der Waals surface area contributed by atoms with Gasteiger partial charge in [0.2, 0.25) is 21.8 Å². The number of fused-ring (bicyclic) bond motifs is 6. The molecular formula is C41H45F2N5O9S. The number of carbonyl (C=O) groups excluding carboxylic acids is 4. The van der Waals surface area contributed by atoms with Crippen molar-refractivity contribution in [2.75, 3.05) is 6.54 Å². The molecule has 3 fully saturated rings. The van der Waals surface area contributed by atoms with Crippen LogP contribution in [0.1, 0.15) is 78.6 Å². The molecular weight excluding hydrogens is 777 g/mol. The number of aromatic nitrogens is 1. The zero-order chi connectivity index (χ0) is 41.1. The van der Waals surface area contributed by atoms with Crippen molar-refractivity contribution in [2.45, 2.75) is 113 Å². The van der Waals surface area contributed by atoms with Gasteiger partial charge in [-0.05, 0) is 95.7 Å². The highest BCUT2D eigenvalue weighted by Crippen LogP contribution is 2.46. The summed E-state index contributed by atoms with van der Waals surface area (Å²) in [6, 6.07) is 5.47. The second kappa shape index (κ2) is 14.8. The maximum Gasteiger partial charge on any atom is 0.408 e. The fourth-order valence-corrected chi connectivity index (χ4v) is 9.30. The molecule has 2 aliphatic heterocycles. The summed E-state index contributed by atoms with van der Waals surface area (Å²) in [5.41, 5.74) is -1.48. The molecule has 17 heteroatoms. The molecule has 1 saturated heterocycles. The van der Waals surface area contributed by atoms with Crippen LogP contribution in [0.2, 0.25) is 0 Å². The molecule has 0 unspecified atom stereocenters. The number of sulfonamides is 1. The SMILES string of the molecule is CC(C)(C)OC(=O)N[C@H]1CCCCC/C=C\[C@@H]2C[C@@]2(C(=O)NS(=O)(=O)C2CC2)NC(=O)[C@@H]2C[C@@H](Oc3c4cc(F)ccc4nc4c3oc3ccc(F)cc34)CN2C1=O. The number of ether oxygens (including phenoxy) is 2. The number of nitrogens with one attached hydrogen (secondary N) is 3. The van der Waals surface area contributed by atoms with Gasteiger partial charge < -0.3 is 29.4 Å². The van der Waals surface area contributed by atoms with Gasteiger partial charge in [-0.15, -0.1) is 0 Å². The van der Waals surface area contributed by atoms with Crippen LogP contribution in [0.3, 0.4) is 0 Å². The number of alkyl carbamates (subject to hydrolysis) is 1. The summed E-state index contributed by atoms with van der Waals surface area (Å²) in [5, 5.41) is 5.45. The lowest BCUT2D eigenvalue weighted by atomic mass is 10.0. The molecule has 308 valence electrons. The van der Waals surface area contributed by atoms with Gasteiger partial charge in [-0.3, -0.25) is 19.1 Å². The Labute approximate surface area is 333 Å². The van der Waals surface area contributed by atoms with E-state index in [1.54, 1.807) is 20.8 Å². The lowest BCUT2D eigenvalue weighted by Gasteiger charge is -2.30. The number of carbonyl (C=O) groups is 4. The molecule has 2 aliphatic carbocycles. The van der Waals surface area contributed by atoms with Crippen LogP contribution in [0.25, 0.3) is 33.0 Å². The van der Waals surface area contributed by atoms with E-state index in [1.807, 2.05) is 12.2 Å². The van der Waals surface area contributed by atoms with E-state index < -0.39 is 86.0 Å². The van der Waals surface area contributed by atoms with Crippen molar-refractivity contribution in [3.63, 3.8) is 0 Å². The first-order valence-corrected chi connectivity index (χ1v) is 21.2. The quantitative estimate of drug-likeness (QED) is 0.205. The van der Waals surface area contributed by atoms with E-state index in [1.165, 1.54) is 41.3 Å². The Morgan fingerprint density at radius 3 is 2.50 bits per heavy atom. The normalized spacial score (nSPS) is 26.3. The first kappa shape index (κ1) is 39.5. The molecule has 4 heterocycles. The molecule has 0 spiro atoms. The first-order valence-electron chi connectivity index (χ1n) is 19.6. The number of hydrogen-bond acceptors (Lipinski definition) is 10. The van der Waals surface area contributed by atoms with Gasteiger partial charge in [-0.1, -0.05) is 25.0 Å². The number of benzene rings is 2. The van der Waals surface area contributed by atoms with E-state index in [9.17, 15) is 36.4 Å². The van der Waals surface area contributed by atoms with Crippen molar-refractivity contribution in [3.8, 4) is 5.75 Å². The summed E-state index contributed by atoms with van der Waals surface area (Å²) in [6.45, 7) is 4.90. The molecule has 0 bridgehead atoms. The largest absolute Gasteiger partial charge is 0.484 e. The van der Waals surface area contributed by atoms with Gasteiger partial charge in [0.1, 0.15) is 52.1 Å². The predicted octanol–water partition coefficient (Wildman–Crippen LogP) is 5.66. The van der Waals surface area contributed by atoms with Crippen LogP contribution in [0.4, 0.5) is 13.6 Å². The maximum atomic E-state index is 14.8. The molecule has 4 amide bonds. The molecule has 2 aromatic heterocycles. The number of amides is 4. The average Bonchev–Trinajstić information content (AvgIpc) is 4.05. The number of pyridine rings is 1. The highest BCUT2D eigenvalue weighted by Gasteiger charge is 2.62. The fraction of sp³-hybridized carbons (Fsp3) is 0.488. The minimum atomic E-state index is -3.96. The standard InChI is InChI=1S/C41H45F2N5O9S/c1-40(2,3)57-39(52)45-30-10-8-6-4-5-7-9-22-20-41(22,38(51)47-58(53,54)26-13-14-26)46-36(49)31-19-25(21-48(31)37(30)50)55-34-27-17-23(42)11-15-29(27)44-33-28-18-24(43)12-16-32(28)56-35(33)34/h7,9,11-12,15-18,22,25-26,30-31H,4-6,8,10,13-14,19-21H2,1-3H3,(H,45,52)(H,46,49)(H,47,51)/b9-7-/t22-,25-,30+,31+,41-/m1/s1. The number of furan rings is 1. The van der Waals surface area contributed by atoms with Gasteiger partial charge >= 0.3 is 6.09 Å². The summed E-state index contributed by atoms with van der Waals surface area (Å²) in [4.78, 5) is 62.0. The van der Waals surface area contributed by atoms with Gasteiger partial charge in [0.05, 0.1) is 17.3 Å². The van der Waals surface area contributed by atoms with Crippen molar-refractivity contribution in [1.82, 2.24) is 25.2 Å². The van der Waals surface area contributed by atoms with E-state index in [4.69, 9.17) is 13.9 Å². The molecule has 4 aliphatic rings. The van der Waals surface area contributed by atoms with E-state index in [0.717, 1.165) is 6.42 Å². The molecule has 14 nitrogen and oxygen atoms in total. The van der Waals surface area contributed by atoms with Crippen LogP contribution < -0.4 is 20.1 Å². The van der Waals surface area contributed by atoms with Crippen molar-refractivity contribution in [2.24, 2.45) is 5.92 Å². The fourth-order valence-electron chi connectivity index (χ4n) is 7.93. The van der Waals surface area contributed by atoms with Crippen molar-refractivity contribution >= 4 is 66.8 Å². The van der Waals surface area contributed by atoms with Gasteiger partial charge in [0.15, 0.2) is 11.3 Å². The van der Waals surface area contributed by atoms with E-state index >= 15 is 0 Å². The van der Waals surface area contributed by atoms with Crippen LogP contribution >= 0.6 is 0 Å². The minimum absolute atomic E-state index is 0.0636. The lowest BCUT2D eigenvalue weighted by Crippen LogP contribution is -2.58. The highest BCUT2D eigenvalue weighted by atomic mass is 32.2. The van der Waals surface area contributed by atoms with Crippen LogP contribution in [-0.2, 0) is 29.1 Å². The molecule has 5 atom stereocenters. The third kappa shape index (κ3) is 7.92. The van der Waals surface area contributed by atoms with Crippen molar-refractivity contribution < 1.29 is 50.3 Å². The van der Waals surface area contributed by atoms with Crippen LogP contribution in [-0.4, -0.2) is 83.2 Å². The lowest BCUT2D eigenvalue weighted by molar-refractivity contribution is -0.141. The number of allylic oxidation sites excluding steroid dienone is 1. The summed E-state index contributed by atoms with van der Waals surface area (Å²) in [5.74, 6) is -3.73. The maximum absolute atomic E-state index is 14.8. The van der Waals surface area contributed by atoms with E-state index in [-0.39, 0.29) is 48.0 Å².